The van der Waals surface area contributed by atoms with E-state index in [4.69, 9.17) is 35.4 Å². The van der Waals surface area contributed by atoms with Crippen LogP contribution in [-0.2, 0) is 30.4 Å². The fourth-order valence-corrected chi connectivity index (χ4v) is 2.91. The molecule has 8 heteroatoms. The standard InChI is InChI=1S/C22H24ClNO6/c1-26-12-19(22(25)29-4)17-9-6-10-20(23)18(17)13-30-24-21(14-27-2)15-7-5-8-16(11-15)28-3/h5-12H,13-14H2,1-4H3/b19-12+,24-21+. The highest BCUT2D eigenvalue weighted by Gasteiger charge is 2.19. The highest BCUT2D eigenvalue weighted by molar-refractivity contribution is 6.32. The second-order valence-electron chi connectivity index (χ2n) is 6.00. The van der Waals surface area contributed by atoms with Crippen LogP contribution in [0.5, 0.6) is 5.75 Å². The van der Waals surface area contributed by atoms with Gasteiger partial charge in [-0.1, -0.05) is 41.0 Å². The molecule has 7 nitrogen and oxygen atoms in total. The average Bonchev–Trinajstić information content (AvgIpc) is 2.77. The van der Waals surface area contributed by atoms with Crippen molar-refractivity contribution < 1.29 is 28.6 Å². The molecular weight excluding hydrogens is 410 g/mol. The van der Waals surface area contributed by atoms with Crippen LogP contribution in [0, 0.1) is 0 Å². The van der Waals surface area contributed by atoms with Gasteiger partial charge in [0.2, 0.25) is 0 Å². The summed E-state index contributed by atoms with van der Waals surface area (Å²) in [7, 11) is 5.90. The average molecular weight is 434 g/mol. The predicted molar refractivity (Wildman–Crippen MR) is 115 cm³/mol. The van der Waals surface area contributed by atoms with E-state index in [1.165, 1.54) is 20.5 Å². The zero-order valence-electron chi connectivity index (χ0n) is 17.3. The van der Waals surface area contributed by atoms with Crippen molar-refractivity contribution in [3.8, 4) is 5.75 Å². The van der Waals surface area contributed by atoms with Crippen molar-refractivity contribution in [1.82, 2.24) is 0 Å². The van der Waals surface area contributed by atoms with E-state index in [-0.39, 0.29) is 18.8 Å². The summed E-state index contributed by atoms with van der Waals surface area (Å²) in [6.07, 6.45) is 1.30. The number of hydrogen-bond acceptors (Lipinski definition) is 7. The van der Waals surface area contributed by atoms with Crippen LogP contribution >= 0.6 is 11.6 Å². The van der Waals surface area contributed by atoms with Crippen molar-refractivity contribution in [3.05, 3.63) is 70.4 Å². The van der Waals surface area contributed by atoms with Gasteiger partial charge in [0.15, 0.2) is 0 Å². The number of rotatable bonds is 10. The number of ether oxygens (including phenoxy) is 4. The monoisotopic (exact) mass is 433 g/mol. The molecule has 0 heterocycles. The molecule has 2 rings (SSSR count). The second-order valence-corrected chi connectivity index (χ2v) is 6.41. The molecule has 0 aliphatic rings. The molecule has 30 heavy (non-hydrogen) atoms. The maximum atomic E-state index is 12.2. The summed E-state index contributed by atoms with van der Waals surface area (Å²) in [5.74, 6) is 0.137. The lowest BCUT2D eigenvalue weighted by molar-refractivity contribution is -0.133. The van der Waals surface area contributed by atoms with Crippen LogP contribution in [0.3, 0.4) is 0 Å². The van der Waals surface area contributed by atoms with Crippen molar-refractivity contribution in [2.45, 2.75) is 6.61 Å². The second kappa shape index (κ2) is 11.8. The Balaban J connectivity index is 2.33. The Morgan fingerprint density at radius 3 is 2.53 bits per heavy atom. The van der Waals surface area contributed by atoms with Gasteiger partial charge in [0.05, 0.1) is 34.2 Å². The molecule has 0 aliphatic carbocycles. The molecule has 2 aromatic carbocycles. The van der Waals surface area contributed by atoms with Crippen LogP contribution in [0.1, 0.15) is 16.7 Å². The van der Waals surface area contributed by atoms with Crippen molar-refractivity contribution >= 4 is 28.9 Å². The van der Waals surface area contributed by atoms with Crippen LogP contribution in [0.4, 0.5) is 0 Å². The van der Waals surface area contributed by atoms with Crippen LogP contribution in [0.25, 0.3) is 5.57 Å². The van der Waals surface area contributed by atoms with Gasteiger partial charge >= 0.3 is 5.97 Å². The first kappa shape index (κ1) is 23.3. The third-order valence-corrected chi connectivity index (χ3v) is 4.47. The topological polar surface area (TPSA) is 75.6 Å². The van der Waals surface area contributed by atoms with E-state index in [1.807, 2.05) is 24.3 Å². The smallest absolute Gasteiger partial charge is 0.341 e. The van der Waals surface area contributed by atoms with E-state index < -0.39 is 5.97 Å². The number of nitrogens with zero attached hydrogens (tertiary/aromatic N) is 1. The summed E-state index contributed by atoms with van der Waals surface area (Å²) < 4.78 is 20.4. The van der Waals surface area contributed by atoms with Gasteiger partial charge < -0.3 is 23.8 Å². The Kier molecular flexibility index (Phi) is 9.18. The molecule has 0 saturated carbocycles. The fraction of sp³-hybridized carbons (Fsp3) is 0.273. The number of carbonyl (C=O) groups is 1. The zero-order valence-corrected chi connectivity index (χ0v) is 18.1. The van der Waals surface area contributed by atoms with Gasteiger partial charge in [-0.05, 0) is 18.2 Å². The number of hydrogen-bond donors (Lipinski definition) is 0. The molecule has 0 amide bonds. The summed E-state index contributed by atoms with van der Waals surface area (Å²) in [5.41, 5.74) is 2.69. The molecular formula is C22H24ClNO6. The third kappa shape index (κ3) is 5.98. The summed E-state index contributed by atoms with van der Waals surface area (Å²) in [6.45, 7) is 0.254. The molecule has 0 N–H and O–H groups in total. The lowest BCUT2D eigenvalue weighted by atomic mass is 10.0. The first-order valence-electron chi connectivity index (χ1n) is 8.96. The lowest BCUT2D eigenvalue weighted by Crippen LogP contribution is -2.11. The Labute approximate surface area is 180 Å². The molecule has 0 spiro atoms. The normalized spacial score (nSPS) is 11.8. The van der Waals surface area contributed by atoms with Crippen molar-refractivity contribution in [1.29, 1.82) is 0 Å². The Morgan fingerprint density at radius 1 is 1.10 bits per heavy atom. The Morgan fingerprint density at radius 2 is 1.87 bits per heavy atom. The van der Waals surface area contributed by atoms with E-state index >= 15 is 0 Å². The van der Waals surface area contributed by atoms with Gasteiger partial charge in [-0.2, -0.15) is 0 Å². The van der Waals surface area contributed by atoms with Crippen molar-refractivity contribution in [2.24, 2.45) is 5.16 Å². The van der Waals surface area contributed by atoms with E-state index in [9.17, 15) is 4.79 Å². The third-order valence-electron chi connectivity index (χ3n) is 4.12. The fourth-order valence-electron chi connectivity index (χ4n) is 2.68. The largest absolute Gasteiger partial charge is 0.503 e. The van der Waals surface area contributed by atoms with Gasteiger partial charge in [0.25, 0.3) is 0 Å². The molecule has 0 fully saturated rings. The molecule has 0 radical (unpaired) electrons. The van der Waals surface area contributed by atoms with Crippen molar-refractivity contribution in [2.75, 3.05) is 35.0 Å². The van der Waals surface area contributed by atoms with E-state index in [2.05, 4.69) is 5.16 Å². The minimum atomic E-state index is -0.555. The molecule has 0 atom stereocenters. The van der Waals surface area contributed by atoms with Crippen LogP contribution in [0.15, 0.2) is 53.9 Å². The van der Waals surface area contributed by atoms with E-state index in [1.54, 1.807) is 32.4 Å². The molecule has 2 aromatic rings. The molecule has 0 unspecified atom stereocenters. The number of halogens is 1. The minimum absolute atomic E-state index is 0.0181. The van der Waals surface area contributed by atoms with Crippen LogP contribution in [0.2, 0.25) is 5.02 Å². The maximum absolute atomic E-state index is 12.2. The highest BCUT2D eigenvalue weighted by Crippen LogP contribution is 2.28. The summed E-state index contributed by atoms with van der Waals surface area (Å²) in [5, 5.41) is 4.64. The highest BCUT2D eigenvalue weighted by atomic mass is 35.5. The van der Waals surface area contributed by atoms with E-state index in [0.717, 1.165) is 5.56 Å². The first-order valence-corrected chi connectivity index (χ1v) is 9.34. The minimum Gasteiger partial charge on any atom is -0.503 e. The number of oxime groups is 1. The predicted octanol–water partition coefficient (Wildman–Crippen LogP) is 4.08. The van der Waals surface area contributed by atoms with Crippen LogP contribution in [-0.4, -0.2) is 46.7 Å². The van der Waals surface area contributed by atoms with E-state index in [0.29, 0.717) is 27.6 Å². The quantitative estimate of drug-likeness (QED) is 0.185. The molecule has 0 aliphatic heterocycles. The zero-order chi connectivity index (χ0) is 21.9. The molecule has 0 bridgehead atoms. The lowest BCUT2D eigenvalue weighted by Gasteiger charge is -2.13. The van der Waals surface area contributed by atoms with Gasteiger partial charge in [0.1, 0.15) is 23.6 Å². The Hall–Kier alpha value is -3.03. The van der Waals surface area contributed by atoms with Gasteiger partial charge in [-0.25, -0.2) is 4.79 Å². The summed E-state index contributed by atoms with van der Waals surface area (Å²) >= 11 is 6.36. The number of benzene rings is 2. The SMILES string of the molecule is CO/C=C(/C(=O)OC)c1cccc(Cl)c1CO/N=C(\COC)c1cccc(OC)c1. The summed E-state index contributed by atoms with van der Waals surface area (Å²) in [4.78, 5) is 17.8. The van der Waals surface area contributed by atoms with Crippen LogP contribution < -0.4 is 4.74 Å². The van der Waals surface area contributed by atoms with Gasteiger partial charge in [-0.3, -0.25) is 0 Å². The maximum Gasteiger partial charge on any atom is 0.341 e. The summed E-state index contributed by atoms with van der Waals surface area (Å²) in [6, 6.07) is 12.6. The number of esters is 1. The molecule has 0 saturated heterocycles. The number of methoxy groups -OCH3 is 4. The first-order chi connectivity index (χ1) is 14.5. The Bertz CT molecular complexity index is 926. The molecule has 160 valence electrons. The van der Waals surface area contributed by atoms with Gasteiger partial charge in [-0.15, -0.1) is 0 Å². The number of carbonyl (C=O) groups excluding carboxylic acids is 1. The van der Waals surface area contributed by atoms with Crippen molar-refractivity contribution in [3.63, 3.8) is 0 Å². The molecule has 0 aromatic heterocycles. The van der Waals surface area contributed by atoms with Gasteiger partial charge in [0, 0.05) is 28.8 Å².